The highest BCUT2D eigenvalue weighted by molar-refractivity contribution is 5.90. The lowest BCUT2D eigenvalue weighted by Gasteiger charge is -2.30. The van der Waals surface area contributed by atoms with Gasteiger partial charge in [0.05, 0.1) is 19.2 Å². The number of carboxylic acids is 1. The summed E-state index contributed by atoms with van der Waals surface area (Å²) in [7, 11) is 1.29. The lowest BCUT2D eigenvalue weighted by Crippen LogP contribution is -2.43. The lowest BCUT2D eigenvalue weighted by molar-refractivity contribution is -0.136. The number of esters is 1. The van der Waals surface area contributed by atoms with E-state index < -0.39 is 23.6 Å². The van der Waals surface area contributed by atoms with Crippen molar-refractivity contribution in [2.24, 2.45) is 5.73 Å². The molecule has 22 heavy (non-hydrogen) atoms. The molecular formula is C14H24N2O6. The summed E-state index contributed by atoms with van der Waals surface area (Å²) in [5.74, 6) is -1.33. The van der Waals surface area contributed by atoms with Crippen LogP contribution in [0.3, 0.4) is 0 Å². The minimum Gasteiger partial charge on any atom is -0.481 e. The van der Waals surface area contributed by atoms with Gasteiger partial charge in [-0.25, -0.2) is 9.59 Å². The van der Waals surface area contributed by atoms with Crippen molar-refractivity contribution in [2.75, 3.05) is 20.2 Å². The maximum absolute atomic E-state index is 11.9. The van der Waals surface area contributed by atoms with Crippen molar-refractivity contribution in [1.82, 2.24) is 4.90 Å². The average molecular weight is 316 g/mol. The number of hydrogen-bond donors (Lipinski definition) is 2. The van der Waals surface area contributed by atoms with Gasteiger partial charge in [-0.05, 0) is 20.8 Å². The summed E-state index contributed by atoms with van der Waals surface area (Å²) in [5.41, 5.74) is 5.99. The predicted octanol–water partition coefficient (Wildman–Crippen LogP) is 1.10. The molecule has 8 heteroatoms. The monoisotopic (exact) mass is 316 g/mol. The fraction of sp³-hybridized carbons (Fsp3) is 0.643. The van der Waals surface area contributed by atoms with Crippen molar-refractivity contribution in [3.63, 3.8) is 0 Å². The number of amides is 1. The quantitative estimate of drug-likeness (QED) is 0.695. The Morgan fingerprint density at radius 3 is 2.18 bits per heavy atom. The zero-order chi connectivity index (χ0) is 17.5. The highest BCUT2D eigenvalue weighted by Gasteiger charge is 2.29. The van der Waals surface area contributed by atoms with Gasteiger partial charge in [0.15, 0.2) is 0 Å². The Balaban J connectivity index is 0.000000980. The molecule has 0 aromatic carbocycles. The Kier molecular flexibility index (Phi) is 7.41. The second-order valence-electron chi connectivity index (χ2n) is 5.67. The SMILES string of the molecule is CC(=O)O.COC(=O)C1=C(N)CCN(C(=O)OC(C)(C)C)C1. The van der Waals surface area contributed by atoms with Crippen LogP contribution in [0.25, 0.3) is 0 Å². The molecule has 0 radical (unpaired) electrons. The van der Waals surface area contributed by atoms with Crippen LogP contribution in [0.2, 0.25) is 0 Å². The van der Waals surface area contributed by atoms with Crippen molar-refractivity contribution >= 4 is 18.0 Å². The summed E-state index contributed by atoms with van der Waals surface area (Å²) in [6.45, 7) is 7.04. The molecular weight excluding hydrogens is 292 g/mol. The van der Waals surface area contributed by atoms with E-state index in [0.29, 0.717) is 24.2 Å². The molecule has 1 heterocycles. The van der Waals surface area contributed by atoms with Crippen LogP contribution in [0, 0.1) is 0 Å². The van der Waals surface area contributed by atoms with Crippen molar-refractivity contribution in [3.05, 3.63) is 11.3 Å². The minimum absolute atomic E-state index is 0.132. The molecule has 0 aromatic rings. The third kappa shape index (κ3) is 7.51. The van der Waals surface area contributed by atoms with Gasteiger partial charge in [-0.1, -0.05) is 0 Å². The van der Waals surface area contributed by atoms with Crippen LogP contribution in [-0.4, -0.2) is 53.8 Å². The normalized spacial score (nSPS) is 14.7. The maximum atomic E-state index is 11.9. The summed E-state index contributed by atoms with van der Waals surface area (Å²) in [6, 6.07) is 0. The molecule has 0 unspecified atom stereocenters. The summed E-state index contributed by atoms with van der Waals surface area (Å²) in [6.07, 6.45) is 0.000317. The topological polar surface area (TPSA) is 119 Å². The predicted molar refractivity (Wildman–Crippen MR) is 79.0 cm³/mol. The van der Waals surface area contributed by atoms with E-state index in [2.05, 4.69) is 4.74 Å². The Bertz CT molecular complexity index is 460. The zero-order valence-electron chi connectivity index (χ0n) is 13.6. The number of carbonyl (C=O) groups is 3. The highest BCUT2D eigenvalue weighted by atomic mass is 16.6. The minimum atomic E-state index is -0.833. The molecule has 126 valence electrons. The molecule has 8 nitrogen and oxygen atoms in total. The standard InChI is InChI=1S/C12H20N2O4.C2H4O2/c1-12(2,3)18-11(16)14-6-5-9(13)8(7-14)10(15)17-4;1-2(3)4/h5-7,13H2,1-4H3;1H3,(H,3,4). The van der Waals surface area contributed by atoms with Gasteiger partial charge in [-0.3, -0.25) is 4.79 Å². The molecule has 1 rings (SSSR count). The van der Waals surface area contributed by atoms with Crippen LogP contribution in [0.4, 0.5) is 4.79 Å². The van der Waals surface area contributed by atoms with Crippen LogP contribution >= 0.6 is 0 Å². The molecule has 0 aromatic heterocycles. The van der Waals surface area contributed by atoms with Gasteiger partial charge in [0, 0.05) is 25.6 Å². The van der Waals surface area contributed by atoms with E-state index in [0.717, 1.165) is 6.92 Å². The first kappa shape index (κ1) is 19.8. The van der Waals surface area contributed by atoms with Crippen LogP contribution in [0.15, 0.2) is 11.3 Å². The smallest absolute Gasteiger partial charge is 0.410 e. The third-order valence-corrected chi connectivity index (χ3v) is 2.47. The summed E-state index contributed by atoms with van der Waals surface area (Å²) >= 11 is 0. The summed E-state index contributed by atoms with van der Waals surface area (Å²) in [5, 5.41) is 7.42. The van der Waals surface area contributed by atoms with Crippen LogP contribution in [-0.2, 0) is 19.1 Å². The summed E-state index contributed by atoms with van der Waals surface area (Å²) < 4.78 is 9.88. The van der Waals surface area contributed by atoms with Crippen LogP contribution < -0.4 is 5.73 Å². The van der Waals surface area contributed by atoms with Crippen molar-refractivity contribution in [1.29, 1.82) is 0 Å². The first-order chi connectivity index (χ1) is 9.97. The maximum Gasteiger partial charge on any atom is 0.410 e. The average Bonchev–Trinajstić information content (AvgIpc) is 2.35. The number of aliphatic carboxylic acids is 1. The molecule has 0 bridgehead atoms. The molecule has 0 atom stereocenters. The van der Waals surface area contributed by atoms with Gasteiger partial charge in [0.1, 0.15) is 5.60 Å². The van der Waals surface area contributed by atoms with Crippen molar-refractivity contribution < 1.29 is 29.0 Å². The molecule has 1 amide bonds. The fourth-order valence-corrected chi connectivity index (χ4v) is 1.58. The second kappa shape index (κ2) is 8.26. The van der Waals surface area contributed by atoms with E-state index in [1.807, 2.05) is 0 Å². The largest absolute Gasteiger partial charge is 0.481 e. The van der Waals surface area contributed by atoms with E-state index in [9.17, 15) is 9.59 Å². The second-order valence-corrected chi connectivity index (χ2v) is 5.67. The molecule has 0 fully saturated rings. The fourth-order valence-electron chi connectivity index (χ4n) is 1.58. The molecule has 0 aliphatic carbocycles. The number of carboxylic acid groups (broad SMARTS) is 1. The van der Waals surface area contributed by atoms with Crippen molar-refractivity contribution in [2.45, 2.75) is 39.7 Å². The van der Waals surface area contributed by atoms with E-state index in [1.54, 1.807) is 20.8 Å². The Morgan fingerprint density at radius 2 is 1.77 bits per heavy atom. The van der Waals surface area contributed by atoms with Gasteiger partial charge >= 0.3 is 12.1 Å². The van der Waals surface area contributed by atoms with Crippen molar-refractivity contribution in [3.8, 4) is 0 Å². The van der Waals surface area contributed by atoms with E-state index in [-0.39, 0.29) is 6.54 Å². The number of methoxy groups -OCH3 is 1. The first-order valence-corrected chi connectivity index (χ1v) is 6.71. The number of rotatable bonds is 1. The number of carbonyl (C=O) groups excluding carboxylic acids is 2. The van der Waals surface area contributed by atoms with Gasteiger partial charge in [-0.15, -0.1) is 0 Å². The Morgan fingerprint density at radius 1 is 1.27 bits per heavy atom. The molecule has 1 aliphatic rings. The van der Waals surface area contributed by atoms with Gasteiger partial charge < -0.3 is 25.2 Å². The molecule has 0 saturated carbocycles. The third-order valence-electron chi connectivity index (χ3n) is 2.47. The van der Waals surface area contributed by atoms with E-state index in [4.69, 9.17) is 20.4 Å². The molecule has 1 aliphatic heterocycles. The number of nitrogens with zero attached hydrogens (tertiary/aromatic N) is 1. The number of hydrogen-bond acceptors (Lipinski definition) is 6. The van der Waals surface area contributed by atoms with E-state index in [1.165, 1.54) is 12.0 Å². The van der Waals surface area contributed by atoms with Crippen LogP contribution in [0.1, 0.15) is 34.1 Å². The number of ether oxygens (including phenoxy) is 2. The molecule has 3 N–H and O–H groups in total. The first-order valence-electron chi connectivity index (χ1n) is 6.71. The van der Waals surface area contributed by atoms with Gasteiger partial charge in [0.2, 0.25) is 0 Å². The number of nitrogens with two attached hydrogens (primary N) is 1. The Hall–Kier alpha value is -2.25. The van der Waals surface area contributed by atoms with Gasteiger partial charge in [0.25, 0.3) is 5.97 Å². The molecule has 0 spiro atoms. The molecule has 0 saturated heterocycles. The zero-order valence-corrected chi connectivity index (χ0v) is 13.6. The van der Waals surface area contributed by atoms with E-state index >= 15 is 0 Å². The summed E-state index contributed by atoms with van der Waals surface area (Å²) in [4.78, 5) is 33.8. The lowest BCUT2D eigenvalue weighted by atomic mass is 10.1. The van der Waals surface area contributed by atoms with Crippen LogP contribution in [0.5, 0.6) is 0 Å². The Labute approximate surface area is 129 Å². The highest BCUT2D eigenvalue weighted by Crippen LogP contribution is 2.18. The van der Waals surface area contributed by atoms with Gasteiger partial charge in [-0.2, -0.15) is 0 Å².